The van der Waals surface area contributed by atoms with Crippen LogP contribution in [0, 0.1) is 6.92 Å². The van der Waals surface area contributed by atoms with E-state index in [0.29, 0.717) is 12.0 Å². The molecule has 4 rings (SSSR count). The summed E-state index contributed by atoms with van der Waals surface area (Å²) < 4.78 is 2.36. The molecule has 6 heteroatoms. The molecule has 148 valence electrons. The van der Waals surface area contributed by atoms with Crippen LogP contribution in [0.5, 0.6) is 0 Å². The van der Waals surface area contributed by atoms with Gasteiger partial charge in [0.1, 0.15) is 5.65 Å². The Hall–Kier alpha value is -2.60. The second-order valence-electron chi connectivity index (χ2n) is 7.51. The van der Waals surface area contributed by atoms with E-state index in [4.69, 9.17) is 4.98 Å². The number of piperazine rings is 1. The summed E-state index contributed by atoms with van der Waals surface area (Å²) in [5, 5.41) is 7.87. The van der Waals surface area contributed by atoms with Crippen LogP contribution in [0.3, 0.4) is 0 Å². The largest absolute Gasteiger partial charge is 0.369 e. The van der Waals surface area contributed by atoms with Crippen molar-refractivity contribution in [3.8, 4) is 0 Å². The molecule has 3 aromatic rings. The topological polar surface area (TPSA) is 58.0 Å². The van der Waals surface area contributed by atoms with Gasteiger partial charge in [-0.2, -0.15) is 4.98 Å². The first-order chi connectivity index (χ1) is 13.7. The van der Waals surface area contributed by atoms with Crippen molar-refractivity contribution in [2.75, 3.05) is 36.4 Å². The molecule has 1 aromatic carbocycles. The molecule has 1 saturated heterocycles. The molecule has 0 radical (unpaired) electrons. The number of benzene rings is 1. The van der Waals surface area contributed by atoms with E-state index in [1.54, 1.807) is 0 Å². The number of hydrogen-bond donors (Lipinski definition) is 2. The van der Waals surface area contributed by atoms with Gasteiger partial charge in [0.05, 0.1) is 0 Å². The van der Waals surface area contributed by atoms with Gasteiger partial charge >= 0.3 is 0 Å². The van der Waals surface area contributed by atoms with Gasteiger partial charge in [0, 0.05) is 60.9 Å². The van der Waals surface area contributed by atoms with Crippen LogP contribution in [-0.4, -0.2) is 40.7 Å². The molecule has 0 aliphatic carbocycles. The van der Waals surface area contributed by atoms with Crippen molar-refractivity contribution < 1.29 is 0 Å². The molecule has 28 heavy (non-hydrogen) atoms. The normalized spacial score (nSPS) is 14.8. The van der Waals surface area contributed by atoms with Gasteiger partial charge < -0.3 is 20.1 Å². The zero-order valence-electron chi connectivity index (χ0n) is 17.1. The van der Waals surface area contributed by atoms with E-state index in [1.165, 1.54) is 11.4 Å². The number of nitrogens with one attached hydrogen (secondary N) is 2. The van der Waals surface area contributed by atoms with Crippen molar-refractivity contribution in [2.24, 2.45) is 0 Å². The first kappa shape index (κ1) is 18.7. The molecule has 0 atom stereocenters. The van der Waals surface area contributed by atoms with Gasteiger partial charge in [-0.25, -0.2) is 4.98 Å². The Morgan fingerprint density at radius 1 is 1.11 bits per heavy atom. The molecular formula is C22H30N6. The minimum atomic E-state index is 0.471. The summed E-state index contributed by atoms with van der Waals surface area (Å²) >= 11 is 0. The summed E-state index contributed by atoms with van der Waals surface area (Å²) in [6, 6.07) is 11.2. The minimum Gasteiger partial charge on any atom is -0.369 e. The fraction of sp³-hybridized carbons (Fsp3) is 0.455. The average Bonchev–Trinajstić information content (AvgIpc) is 3.06. The SMILES string of the molecule is CCC(CC)n1c(C)cc2cnc(Nc3ccc(N4CCNCC4)cc3)nc21. The van der Waals surface area contributed by atoms with E-state index >= 15 is 0 Å². The van der Waals surface area contributed by atoms with Crippen LogP contribution in [0.4, 0.5) is 17.3 Å². The lowest BCUT2D eigenvalue weighted by molar-refractivity contribution is 0.475. The molecule has 2 aromatic heterocycles. The number of hydrogen-bond acceptors (Lipinski definition) is 5. The highest BCUT2D eigenvalue weighted by molar-refractivity contribution is 5.78. The summed E-state index contributed by atoms with van der Waals surface area (Å²) in [7, 11) is 0. The van der Waals surface area contributed by atoms with Gasteiger partial charge in [-0.1, -0.05) is 13.8 Å². The molecule has 6 nitrogen and oxygen atoms in total. The highest BCUT2D eigenvalue weighted by atomic mass is 15.2. The Bertz CT molecular complexity index is 920. The molecule has 1 aliphatic heterocycles. The zero-order chi connectivity index (χ0) is 19.5. The van der Waals surface area contributed by atoms with Crippen LogP contribution in [0.1, 0.15) is 38.4 Å². The van der Waals surface area contributed by atoms with Crippen molar-refractivity contribution >= 4 is 28.4 Å². The lowest BCUT2D eigenvalue weighted by atomic mass is 10.1. The number of anilines is 3. The van der Waals surface area contributed by atoms with Crippen LogP contribution in [-0.2, 0) is 0 Å². The minimum absolute atomic E-state index is 0.471. The van der Waals surface area contributed by atoms with Crippen molar-refractivity contribution in [3.63, 3.8) is 0 Å². The van der Waals surface area contributed by atoms with Crippen LogP contribution in [0.25, 0.3) is 11.0 Å². The van der Waals surface area contributed by atoms with E-state index < -0.39 is 0 Å². The molecule has 0 saturated carbocycles. The Morgan fingerprint density at radius 2 is 1.82 bits per heavy atom. The Kier molecular flexibility index (Phi) is 5.48. The highest BCUT2D eigenvalue weighted by Crippen LogP contribution is 2.27. The summed E-state index contributed by atoms with van der Waals surface area (Å²) in [6.07, 6.45) is 4.12. The maximum absolute atomic E-state index is 4.84. The van der Waals surface area contributed by atoms with Gasteiger partial charge in [-0.05, 0) is 50.1 Å². The lowest BCUT2D eigenvalue weighted by Crippen LogP contribution is -2.43. The van der Waals surface area contributed by atoms with E-state index in [2.05, 4.69) is 76.2 Å². The fourth-order valence-electron chi connectivity index (χ4n) is 4.12. The van der Waals surface area contributed by atoms with E-state index in [1.807, 2.05) is 6.20 Å². The van der Waals surface area contributed by atoms with Gasteiger partial charge in [-0.15, -0.1) is 0 Å². The predicted molar refractivity (Wildman–Crippen MR) is 117 cm³/mol. The number of fused-ring (bicyclic) bond motifs is 1. The van der Waals surface area contributed by atoms with E-state index in [-0.39, 0.29) is 0 Å². The molecule has 3 heterocycles. The summed E-state index contributed by atoms with van der Waals surface area (Å²) in [6.45, 7) is 10.8. The summed E-state index contributed by atoms with van der Waals surface area (Å²) in [5.41, 5.74) is 4.54. The third-order valence-electron chi connectivity index (χ3n) is 5.68. The summed E-state index contributed by atoms with van der Waals surface area (Å²) in [5.74, 6) is 0.646. The number of aromatic nitrogens is 3. The number of nitrogens with zero attached hydrogens (tertiary/aromatic N) is 4. The quantitative estimate of drug-likeness (QED) is 0.671. The highest BCUT2D eigenvalue weighted by Gasteiger charge is 2.15. The second kappa shape index (κ2) is 8.19. The van der Waals surface area contributed by atoms with Crippen LogP contribution in [0.2, 0.25) is 0 Å². The molecule has 0 unspecified atom stereocenters. The Labute approximate surface area is 167 Å². The van der Waals surface area contributed by atoms with Crippen molar-refractivity contribution in [1.29, 1.82) is 0 Å². The lowest BCUT2D eigenvalue weighted by Gasteiger charge is -2.29. The van der Waals surface area contributed by atoms with Crippen LogP contribution >= 0.6 is 0 Å². The second-order valence-corrected chi connectivity index (χ2v) is 7.51. The molecule has 2 N–H and O–H groups in total. The van der Waals surface area contributed by atoms with Crippen molar-refractivity contribution in [3.05, 3.63) is 42.2 Å². The third kappa shape index (κ3) is 3.69. The van der Waals surface area contributed by atoms with Gasteiger partial charge in [0.25, 0.3) is 0 Å². The molecule has 0 amide bonds. The molecule has 0 spiro atoms. The van der Waals surface area contributed by atoms with Gasteiger partial charge in [0.2, 0.25) is 5.95 Å². The zero-order valence-corrected chi connectivity index (χ0v) is 17.1. The van der Waals surface area contributed by atoms with Gasteiger partial charge in [0.15, 0.2) is 0 Å². The molecule has 1 aliphatic rings. The third-order valence-corrected chi connectivity index (χ3v) is 5.68. The average molecular weight is 379 g/mol. The van der Waals surface area contributed by atoms with E-state index in [9.17, 15) is 0 Å². The first-order valence-corrected chi connectivity index (χ1v) is 10.4. The maximum atomic E-state index is 4.84. The smallest absolute Gasteiger partial charge is 0.229 e. The number of aryl methyl sites for hydroxylation is 1. The van der Waals surface area contributed by atoms with Gasteiger partial charge in [-0.3, -0.25) is 0 Å². The van der Waals surface area contributed by atoms with Crippen LogP contribution < -0.4 is 15.5 Å². The van der Waals surface area contributed by atoms with Crippen LogP contribution in [0.15, 0.2) is 36.5 Å². The first-order valence-electron chi connectivity index (χ1n) is 10.4. The van der Waals surface area contributed by atoms with Crippen molar-refractivity contribution in [1.82, 2.24) is 19.9 Å². The summed E-state index contributed by atoms with van der Waals surface area (Å²) in [4.78, 5) is 11.8. The number of rotatable bonds is 6. The molecular weight excluding hydrogens is 348 g/mol. The Balaban J connectivity index is 1.56. The van der Waals surface area contributed by atoms with Crippen molar-refractivity contribution in [2.45, 2.75) is 39.7 Å². The maximum Gasteiger partial charge on any atom is 0.229 e. The standard InChI is InChI=1S/C22H30N6/c1-4-19(5-2)28-16(3)14-17-15-24-22(26-21(17)28)25-18-6-8-20(9-7-18)27-12-10-23-11-13-27/h6-9,14-15,19,23H,4-5,10-13H2,1-3H3,(H,24,25,26). The fourth-order valence-corrected chi connectivity index (χ4v) is 4.12. The monoisotopic (exact) mass is 378 g/mol. The predicted octanol–water partition coefficient (Wildman–Crippen LogP) is 4.25. The molecule has 0 bridgehead atoms. The Morgan fingerprint density at radius 3 is 2.50 bits per heavy atom. The molecule has 1 fully saturated rings. The van der Waals surface area contributed by atoms with E-state index in [0.717, 1.165) is 55.7 Å².